The Morgan fingerprint density at radius 3 is 2.54 bits per heavy atom. The van der Waals surface area contributed by atoms with E-state index in [0.29, 0.717) is 6.61 Å². The average molecular weight is 188 g/mol. The normalized spacial score (nSPS) is 11.4. The Morgan fingerprint density at radius 2 is 2.08 bits per heavy atom. The summed E-state index contributed by atoms with van der Waals surface area (Å²) in [7, 11) is 6.22. The molecule has 13 heavy (non-hydrogen) atoms. The summed E-state index contributed by atoms with van der Waals surface area (Å²) in [6.07, 6.45) is 2.27. The van der Waals surface area contributed by atoms with E-state index in [1.807, 2.05) is 6.92 Å². The van der Waals surface area contributed by atoms with Crippen molar-refractivity contribution in [2.75, 3.05) is 34.3 Å². The molecule has 4 nitrogen and oxygen atoms in total. The van der Waals surface area contributed by atoms with E-state index in [-0.39, 0.29) is 5.91 Å². The van der Waals surface area contributed by atoms with Gasteiger partial charge < -0.3 is 4.48 Å². The summed E-state index contributed by atoms with van der Waals surface area (Å²) in [6, 6.07) is 0. The molecule has 1 N–H and O–H groups in total. The van der Waals surface area contributed by atoms with Gasteiger partial charge in [-0.1, -0.05) is 6.92 Å². The highest BCUT2D eigenvalue weighted by atomic mass is 16.6. The van der Waals surface area contributed by atoms with Crippen molar-refractivity contribution >= 4 is 5.91 Å². The molecule has 0 fully saturated rings. The van der Waals surface area contributed by atoms with Gasteiger partial charge in [0, 0.05) is 0 Å². The largest absolute Gasteiger partial charge is 0.329 e. The van der Waals surface area contributed by atoms with Crippen molar-refractivity contribution in [2.45, 2.75) is 13.3 Å². The number of rotatable bonds is 6. The monoisotopic (exact) mass is 188 g/mol. The highest BCUT2D eigenvalue weighted by Crippen LogP contribution is 1.89. The number of hydroxylamine groups is 1. The van der Waals surface area contributed by atoms with E-state index in [4.69, 9.17) is 4.84 Å². The van der Waals surface area contributed by atoms with Crippen LogP contribution in [0.25, 0.3) is 0 Å². The number of quaternary nitrogens is 1. The average Bonchev–Trinajstić information content (AvgIpc) is 1.97. The lowest BCUT2D eigenvalue weighted by molar-refractivity contribution is -0.870. The molecule has 0 aliphatic rings. The zero-order chi connectivity index (χ0) is 10.3. The lowest BCUT2D eigenvalue weighted by Crippen LogP contribution is -2.39. The van der Waals surface area contributed by atoms with Crippen LogP contribution in [0.2, 0.25) is 0 Å². The van der Waals surface area contributed by atoms with Crippen molar-refractivity contribution in [3.05, 3.63) is 6.42 Å². The molecule has 0 aromatic heterocycles. The fourth-order valence-corrected chi connectivity index (χ4v) is 0.669. The molecule has 0 aromatic carbocycles. The first-order chi connectivity index (χ1) is 5.95. The molecule has 0 saturated heterocycles. The summed E-state index contributed by atoms with van der Waals surface area (Å²) in [6.45, 7) is 3.31. The second-order valence-corrected chi connectivity index (χ2v) is 3.94. The highest BCUT2D eigenvalue weighted by molar-refractivity contribution is 5.83. The molecule has 0 spiro atoms. The van der Waals surface area contributed by atoms with E-state index in [9.17, 15) is 4.79 Å². The van der Waals surface area contributed by atoms with Crippen molar-refractivity contribution in [3.8, 4) is 0 Å². The van der Waals surface area contributed by atoms with E-state index in [1.54, 1.807) is 6.42 Å². The van der Waals surface area contributed by atoms with E-state index >= 15 is 0 Å². The molecule has 0 rings (SSSR count). The lowest BCUT2D eigenvalue weighted by Gasteiger charge is -2.23. The van der Waals surface area contributed by atoms with Gasteiger partial charge in [0.25, 0.3) is 0 Å². The van der Waals surface area contributed by atoms with E-state index in [2.05, 4.69) is 26.6 Å². The van der Waals surface area contributed by atoms with Gasteiger partial charge in [0.05, 0.1) is 27.6 Å². The number of carbonyl (C=O) groups is 1. The Labute approximate surface area is 80.4 Å². The van der Waals surface area contributed by atoms with Gasteiger partial charge in [0.1, 0.15) is 13.2 Å². The maximum absolute atomic E-state index is 10.9. The van der Waals surface area contributed by atoms with Crippen molar-refractivity contribution in [3.63, 3.8) is 0 Å². The van der Waals surface area contributed by atoms with Gasteiger partial charge in [-0.3, -0.25) is 9.63 Å². The van der Waals surface area contributed by atoms with Crippen LogP contribution >= 0.6 is 0 Å². The molecule has 0 heterocycles. The first-order valence-corrected chi connectivity index (χ1v) is 4.51. The number of likely N-dealkylation sites (N-methyl/N-ethyl adjacent to an activating group) is 1. The maximum atomic E-state index is 10.9. The molecule has 1 amide bonds. The van der Waals surface area contributed by atoms with Crippen LogP contribution in [0.4, 0.5) is 0 Å². The number of amides is 1. The van der Waals surface area contributed by atoms with Gasteiger partial charge in [0.2, 0.25) is 5.91 Å². The van der Waals surface area contributed by atoms with Crippen LogP contribution in [-0.4, -0.2) is 44.7 Å². The molecule has 0 atom stereocenters. The van der Waals surface area contributed by atoms with Crippen LogP contribution in [-0.2, 0) is 9.63 Å². The molecule has 0 bridgehead atoms. The van der Waals surface area contributed by atoms with Gasteiger partial charge in [-0.15, -0.1) is 0 Å². The van der Waals surface area contributed by atoms with Crippen molar-refractivity contribution < 1.29 is 14.1 Å². The smallest absolute Gasteiger partial charge is 0.247 e. The van der Waals surface area contributed by atoms with Gasteiger partial charge in [-0.05, 0) is 6.42 Å². The molecule has 0 unspecified atom stereocenters. The number of carbonyl (C=O) groups excluding carboxylic acids is 1. The number of nitrogens with zero attached hydrogens (tertiary/aromatic N) is 1. The number of hydrogen-bond acceptors (Lipinski definition) is 2. The van der Waals surface area contributed by atoms with Crippen molar-refractivity contribution in [1.82, 2.24) is 5.48 Å². The van der Waals surface area contributed by atoms with Crippen molar-refractivity contribution in [2.24, 2.45) is 0 Å². The summed E-state index contributed by atoms with van der Waals surface area (Å²) in [5.41, 5.74) is 2.35. The Morgan fingerprint density at radius 1 is 1.46 bits per heavy atom. The predicted octanol–water partition coefficient (Wildman–Crippen LogP) is 0.355. The predicted molar refractivity (Wildman–Crippen MR) is 51.6 cm³/mol. The van der Waals surface area contributed by atoms with Gasteiger partial charge >= 0.3 is 0 Å². The van der Waals surface area contributed by atoms with E-state index in [1.165, 1.54) is 0 Å². The summed E-state index contributed by atoms with van der Waals surface area (Å²) >= 11 is 0. The molecule has 1 radical (unpaired) electrons. The van der Waals surface area contributed by atoms with Crippen LogP contribution in [0.3, 0.4) is 0 Å². The first-order valence-electron chi connectivity index (χ1n) is 4.51. The standard InChI is InChI=1S/C9H19N2O2/c1-5-6-9(12)10-13-8-7-11(2,3)4/h6H,5,7-8H2,1-4H3/p+1. The van der Waals surface area contributed by atoms with Crippen molar-refractivity contribution in [1.29, 1.82) is 0 Å². The lowest BCUT2D eigenvalue weighted by atomic mass is 10.3. The van der Waals surface area contributed by atoms with Crippen LogP contribution < -0.4 is 5.48 Å². The first kappa shape index (κ1) is 12.4. The summed E-state index contributed by atoms with van der Waals surface area (Å²) in [5.74, 6) is -0.163. The fraction of sp³-hybridized carbons (Fsp3) is 0.778. The minimum absolute atomic E-state index is 0.163. The Bertz CT molecular complexity index is 152. The molecule has 0 aromatic rings. The minimum Gasteiger partial charge on any atom is -0.329 e. The number of hydrogen-bond donors (Lipinski definition) is 1. The Balaban J connectivity index is 3.31. The highest BCUT2D eigenvalue weighted by Gasteiger charge is 2.06. The molecule has 77 valence electrons. The topological polar surface area (TPSA) is 38.3 Å². The summed E-state index contributed by atoms with van der Waals surface area (Å²) < 4.78 is 0.827. The SMILES string of the molecule is CC[CH]C(=O)NOCC[N+](C)(C)C. The second kappa shape index (κ2) is 5.94. The Hall–Kier alpha value is -0.610. The zero-order valence-electron chi connectivity index (χ0n) is 8.96. The molecule has 4 heteroatoms. The van der Waals surface area contributed by atoms with Crippen LogP contribution in [0, 0.1) is 6.42 Å². The molecule has 0 saturated carbocycles. The molecule has 0 aliphatic heterocycles. The zero-order valence-corrected chi connectivity index (χ0v) is 8.96. The van der Waals surface area contributed by atoms with E-state index in [0.717, 1.165) is 17.4 Å². The third-order valence-electron chi connectivity index (χ3n) is 1.43. The maximum Gasteiger partial charge on any atom is 0.247 e. The van der Waals surface area contributed by atoms with Crippen LogP contribution in [0.15, 0.2) is 0 Å². The quantitative estimate of drug-likeness (QED) is 0.371. The van der Waals surface area contributed by atoms with Gasteiger partial charge in [-0.2, -0.15) is 0 Å². The molecular formula is C9H20N2O2+. The Kier molecular flexibility index (Phi) is 5.66. The third-order valence-corrected chi connectivity index (χ3v) is 1.43. The van der Waals surface area contributed by atoms with Gasteiger partial charge in [0.15, 0.2) is 0 Å². The molecular weight excluding hydrogens is 168 g/mol. The van der Waals surface area contributed by atoms with E-state index < -0.39 is 0 Å². The number of nitrogens with one attached hydrogen (secondary N) is 1. The van der Waals surface area contributed by atoms with Gasteiger partial charge in [-0.25, -0.2) is 5.48 Å². The summed E-state index contributed by atoms with van der Waals surface area (Å²) in [5, 5.41) is 0. The minimum atomic E-state index is -0.163. The van der Waals surface area contributed by atoms with Crippen LogP contribution in [0.5, 0.6) is 0 Å². The second-order valence-electron chi connectivity index (χ2n) is 3.94. The fourth-order valence-electron chi connectivity index (χ4n) is 0.669. The third kappa shape index (κ3) is 9.30. The van der Waals surface area contributed by atoms with Crippen LogP contribution in [0.1, 0.15) is 13.3 Å². The molecule has 0 aliphatic carbocycles. The summed E-state index contributed by atoms with van der Waals surface area (Å²) in [4.78, 5) is 15.8.